The Labute approximate surface area is 104 Å². The Balaban J connectivity index is 2.13. The molecule has 3 atom stereocenters. The molecule has 3 heteroatoms. The lowest BCUT2D eigenvalue weighted by Gasteiger charge is -2.29. The monoisotopic (exact) mass is 240 g/mol. The van der Waals surface area contributed by atoms with E-state index in [9.17, 15) is 4.79 Å². The molecule has 0 amide bonds. The Morgan fingerprint density at radius 3 is 2.59 bits per heavy atom. The average molecular weight is 240 g/mol. The lowest BCUT2D eigenvalue weighted by atomic mass is 9.82. The number of hydrogen-bond acceptors (Lipinski definition) is 3. The van der Waals surface area contributed by atoms with Crippen molar-refractivity contribution in [1.82, 2.24) is 0 Å². The molecule has 0 aromatic rings. The zero-order valence-electron chi connectivity index (χ0n) is 11.3. The van der Waals surface area contributed by atoms with Crippen LogP contribution in [0.15, 0.2) is 0 Å². The van der Waals surface area contributed by atoms with Gasteiger partial charge in [-0.05, 0) is 19.3 Å². The summed E-state index contributed by atoms with van der Waals surface area (Å²) in [5, 5.41) is 0. The van der Waals surface area contributed by atoms with E-state index in [4.69, 9.17) is 9.47 Å². The molecule has 17 heavy (non-hydrogen) atoms. The van der Waals surface area contributed by atoms with Gasteiger partial charge in [-0.25, -0.2) is 0 Å². The number of fused-ring (bicyclic) bond motifs is 1. The zero-order chi connectivity index (χ0) is 12.5. The first-order chi connectivity index (χ1) is 8.10. The molecule has 0 saturated carbocycles. The van der Waals surface area contributed by atoms with Crippen LogP contribution < -0.4 is 0 Å². The van der Waals surface area contributed by atoms with Gasteiger partial charge in [-0.1, -0.05) is 33.6 Å². The fourth-order valence-corrected chi connectivity index (χ4v) is 3.32. The molecule has 0 N–H and O–H groups in total. The van der Waals surface area contributed by atoms with Crippen LogP contribution in [0.1, 0.15) is 65.7 Å². The minimum Gasteiger partial charge on any atom is -0.456 e. The van der Waals surface area contributed by atoms with Crippen molar-refractivity contribution in [3.63, 3.8) is 0 Å². The van der Waals surface area contributed by atoms with E-state index in [1.807, 2.05) is 0 Å². The highest BCUT2D eigenvalue weighted by molar-refractivity contribution is 5.73. The van der Waals surface area contributed by atoms with Gasteiger partial charge in [0, 0.05) is 6.42 Å². The number of hydrogen-bond donors (Lipinski definition) is 0. The molecule has 0 spiro atoms. The maximum absolute atomic E-state index is 11.4. The maximum atomic E-state index is 11.4. The van der Waals surface area contributed by atoms with Crippen molar-refractivity contribution in [2.24, 2.45) is 0 Å². The van der Waals surface area contributed by atoms with Crippen LogP contribution in [0, 0.1) is 0 Å². The summed E-state index contributed by atoms with van der Waals surface area (Å²) in [6.07, 6.45) is 6.70. The van der Waals surface area contributed by atoms with Gasteiger partial charge < -0.3 is 9.47 Å². The van der Waals surface area contributed by atoms with Crippen LogP contribution in [0.2, 0.25) is 0 Å². The summed E-state index contributed by atoms with van der Waals surface area (Å²) in [5.41, 5.74) is -0.363. The first-order valence-corrected chi connectivity index (χ1v) is 6.99. The third-order valence-corrected chi connectivity index (χ3v) is 4.50. The van der Waals surface area contributed by atoms with Crippen molar-refractivity contribution in [1.29, 1.82) is 0 Å². The molecule has 2 heterocycles. The normalized spacial score (nSPS) is 40.4. The second kappa shape index (κ2) is 4.60. The van der Waals surface area contributed by atoms with E-state index in [2.05, 4.69) is 20.8 Å². The molecule has 2 aliphatic heterocycles. The van der Waals surface area contributed by atoms with Crippen molar-refractivity contribution in [3.8, 4) is 0 Å². The fraction of sp³-hybridized carbons (Fsp3) is 0.929. The molecule has 2 rings (SSSR count). The van der Waals surface area contributed by atoms with E-state index in [-0.39, 0.29) is 23.3 Å². The molecule has 0 aliphatic carbocycles. The molecule has 0 aromatic carbocycles. The lowest BCUT2D eigenvalue weighted by Crippen LogP contribution is -2.35. The van der Waals surface area contributed by atoms with Gasteiger partial charge in [0.1, 0.15) is 11.7 Å². The molecule has 98 valence electrons. The van der Waals surface area contributed by atoms with Gasteiger partial charge in [0.05, 0.1) is 12.0 Å². The SMILES string of the molecule is CCCC[C@@]1(CC)C[C@]2(CC)OC(=O)C[C@@H]2O1. The van der Waals surface area contributed by atoms with E-state index >= 15 is 0 Å². The first kappa shape index (κ1) is 12.9. The van der Waals surface area contributed by atoms with Crippen molar-refractivity contribution >= 4 is 5.97 Å². The van der Waals surface area contributed by atoms with Gasteiger partial charge in [0.15, 0.2) is 0 Å². The molecule has 0 unspecified atom stereocenters. The highest BCUT2D eigenvalue weighted by Crippen LogP contribution is 2.50. The van der Waals surface area contributed by atoms with Crippen LogP contribution in [-0.2, 0) is 14.3 Å². The Kier molecular flexibility index (Phi) is 3.48. The van der Waals surface area contributed by atoms with Gasteiger partial charge in [-0.15, -0.1) is 0 Å². The Morgan fingerprint density at radius 1 is 1.29 bits per heavy atom. The van der Waals surface area contributed by atoms with Crippen LogP contribution >= 0.6 is 0 Å². The number of carbonyl (C=O) groups excluding carboxylic acids is 1. The molecule has 2 fully saturated rings. The lowest BCUT2D eigenvalue weighted by molar-refractivity contribution is -0.149. The smallest absolute Gasteiger partial charge is 0.309 e. The van der Waals surface area contributed by atoms with E-state index in [0.29, 0.717) is 6.42 Å². The van der Waals surface area contributed by atoms with E-state index < -0.39 is 0 Å². The fourth-order valence-electron chi connectivity index (χ4n) is 3.32. The maximum Gasteiger partial charge on any atom is 0.309 e. The number of ether oxygens (including phenoxy) is 2. The van der Waals surface area contributed by atoms with E-state index in [1.165, 1.54) is 12.8 Å². The quantitative estimate of drug-likeness (QED) is 0.692. The average Bonchev–Trinajstić information content (AvgIpc) is 2.77. The highest BCUT2D eigenvalue weighted by atomic mass is 16.6. The number of rotatable bonds is 5. The van der Waals surface area contributed by atoms with E-state index in [0.717, 1.165) is 25.7 Å². The molecule has 0 bridgehead atoms. The standard InChI is InChI=1S/C14H24O3/c1-4-7-8-13(5-2)10-14(6-3)11(16-13)9-12(15)17-14/h11H,4-10H2,1-3H3/t11-,13-,14-/m0/s1. The van der Waals surface area contributed by atoms with Crippen LogP contribution in [0.5, 0.6) is 0 Å². The molecule has 0 aromatic heterocycles. The van der Waals surface area contributed by atoms with Crippen molar-refractivity contribution in [3.05, 3.63) is 0 Å². The minimum atomic E-state index is -0.319. The van der Waals surface area contributed by atoms with Crippen LogP contribution in [-0.4, -0.2) is 23.3 Å². The molecular weight excluding hydrogens is 216 g/mol. The predicted molar refractivity (Wildman–Crippen MR) is 65.8 cm³/mol. The number of esters is 1. The van der Waals surface area contributed by atoms with E-state index in [1.54, 1.807) is 0 Å². The first-order valence-electron chi connectivity index (χ1n) is 6.99. The summed E-state index contributed by atoms with van der Waals surface area (Å²) in [6, 6.07) is 0. The Hall–Kier alpha value is -0.570. The molecule has 2 saturated heterocycles. The van der Waals surface area contributed by atoms with Crippen molar-refractivity contribution in [2.45, 2.75) is 83.0 Å². The summed E-state index contributed by atoms with van der Waals surface area (Å²) < 4.78 is 11.8. The summed E-state index contributed by atoms with van der Waals surface area (Å²) in [7, 11) is 0. The van der Waals surface area contributed by atoms with Gasteiger partial charge in [0.25, 0.3) is 0 Å². The summed E-state index contributed by atoms with van der Waals surface area (Å²) in [6.45, 7) is 6.48. The Bertz CT molecular complexity index is 302. The van der Waals surface area contributed by atoms with Crippen molar-refractivity contribution in [2.75, 3.05) is 0 Å². The summed E-state index contributed by atoms with van der Waals surface area (Å²) in [4.78, 5) is 11.4. The number of carbonyl (C=O) groups is 1. The second-order valence-corrected chi connectivity index (χ2v) is 5.52. The molecule has 0 radical (unpaired) electrons. The summed E-state index contributed by atoms with van der Waals surface area (Å²) >= 11 is 0. The van der Waals surface area contributed by atoms with Crippen LogP contribution in [0.25, 0.3) is 0 Å². The third kappa shape index (κ3) is 2.10. The van der Waals surface area contributed by atoms with Crippen molar-refractivity contribution < 1.29 is 14.3 Å². The molecule has 3 nitrogen and oxygen atoms in total. The molecular formula is C14H24O3. The number of unbranched alkanes of at least 4 members (excludes halogenated alkanes) is 1. The minimum absolute atomic E-state index is 0.00296. The van der Waals surface area contributed by atoms with Gasteiger partial charge in [-0.2, -0.15) is 0 Å². The topological polar surface area (TPSA) is 35.5 Å². The Morgan fingerprint density at radius 2 is 2.06 bits per heavy atom. The van der Waals surface area contributed by atoms with Gasteiger partial charge >= 0.3 is 5.97 Å². The predicted octanol–water partition coefficient (Wildman–Crippen LogP) is 3.21. The second-order valence-electron chi connectivity index (χ2n) is 5.52. The van der Waals surface area contributed by atoms with Crippen LogP contribution in [0.3, 0.4) is 0 Å². The van der Waals surface area contributed by atoms with Crippen LogP contribution in [0.4, 0.5) is 0 Å². The summed E-state index contributed by atoms with van der Waals surface area (Å²) in [5.74, 6) is -0.0861. The largest absolute Gasteiger partial charge is 0.456 e. The third-order valence-electron chi connectivity index (χ3n) is 4.50. The molecule has 2 aliphatic rings. The zero-order valence-corrected chi connectivity index (χ0v) is 11.3. The van der Waals surface area contributed by atoms with Gasteiger partial charge in [0.2, 0.25) is 0 Å². The van der Waals surface area contributed by atoms with Gasteiger partial charge in [-0.3, -0.25) is 4.79 Å². The highest BCUT2D eigenvalue weighted by Gasteiger charge is 2.60.